The maximum absolute atomic E-state index is 13.0. The van der Waals surface area contributed by atoms with Gasteiger partial charge in [0.1, 0.15) is 54.9 Å². The predicted molar refractivity (Wildman–Crippen MR) is 174 cm³/mol. The van der Waals surface area contributed by atoms with Crippen LogP contribution in [0.25, 0.3) is 0 Å². The third kappa shape index (κ3) is 9.20. The fraction of sp³-hybridized carbons (Fsp3) is 0.967. The number of rotatable bonds is 15. The van der Waals surface area contributed by atoms with Crippen LogP contribution in [0.4, 0.5) is 0 Å². The van der Waals surface area contributed by atoms with Crippen molar-refractivity contribution in [1.82, 2.24) is 16.0 Å². The van der Waals surface area contributed by atoms with Crippen molar-refractivity contribution in [3.05, 3.63) is 0 Å². The number of nitrogens with two attached hydrogens (primary N) is 4. The first-order chi connectivity index (χ1) is 24.7. The van der Waals surface area contributed by atoms with Crippen LogP contribution in [0, 0.1) is 0 Å². The average Bonchev–Trinajstić information content (AvgIpc) is 3.41. The van der Waals surface area contributed by atoms with Crippen molar-refractivity contribution in [2.24, 2.45) is 22.9 Å². The molecule has 1 amide bonds. The Labute approximate surface area is 299 Å². The van der Waals surface area contributed by atoms with Gasteiger partial charge in [-0.05, 0) is 19.3 Å². The van der Waals surface area contributed by atoms with Crippen molar-refractivity contribution in [1.29, 1.82) is 0 Å². The van der Waals surface area contributed by atoms with Gasteiger partial charge in [-0.1, -0.05) is 0 Å². The molecule has 0 aromatic carbocycles. The SMILES string of the molecule is NC[C@@H]1O[C@H](O[C@H]2[C@@H](O)[C@H](O[C@@H]3[C@@H](O)[C@H](NC(=O)C4(O)CNC4)C[C@H](N)[C@H]3O[C@H]3O[C@H](CNCC(O)CO)CC[C@H]3N)O[C@@H]2CO)[C@H](N)[C@@H](O)[C@@H]1O. The Kier molecular flexibility index (Phi) is 14.5. The molecule has 52 heavy (non-hydrogen) atoms. The molecule has 19 N–H and O–H groups in total. The summed E-state index contributed by atoms with van der Waals surface area (Å²) in [6.07, 6.45) is -16.7. The van der Waals surface area contributed by atoms with Crippen LogP contribution in [0.2, 0.25) is 0 Å². The summed E-state index contributed by atoms with van der Waals surface area (Å²) >= 11 is 0. The monoisotopic (exact) mass is 755 g/mol. The van der Waals surface area contributed by atoms with E-state index in [1.165, 1.54) is 0 Å². The minimum absolute atomic E-state index is 0.00762. The number of hydrogen-bond donors (Lipinski definition) is 15. The van der Waals surface area contributed by atoms with Crippen molar-refractivity contribution < 1.29 is 74.1 Å². The van der Waals surface area contributed by atoms with E-state index in [0.717, 1.165) is 0 Å². The van der Waals surface area contributed by atoms with E-state index in [-0.39, 0.29) is 32.6 Å². The van der Waals surface area contributed by atoms with Crippen LogP contribution < -0.4 is 38.9 Å². The highest BCUT2D eigenvalue weighted by molar-refractivity contribution is 5.87. The topological polar surface area (TPSA) is 374 Å². The summed E-state index contributed by atoms with van der Waals surface area (Å²) in [5, 5.41) is 91.7. The Hall–Kier alpha value is -1.33. The van der Waals surface area contributed by atoms with Crippen LogP contribution >= 0.6 is 0 Å². The third-order valence-corrected chi connectivity index (χ3v) is 10.4. The van der Waals surface area contributed by atoms with Gasteiger partial charge in [-0.3, -0.25) is 4.79 Å². The molecule has 0 bridgehead atoms. The Bertz CT molecular complexity index is 1150. The van der Waals surface area contributed by atoms with Crippen molar-refractivity contribution in [2.45, 2.75) is 135 Å². The standard InChI is InChI=1S/C30H57N7O15/c31-4-16-20(42)21(43)18(34)27(48-16)51-24-17(8-39)49-28(22(24)44)52-25-19(41)15(37-29(45)30(46)9-36-10-30)3-14(33)23(25)50-26-13(32)2-1-12(47-26)6-35-5-11(40)7-38/h11-28,35-36,38-44,46H,1-10,31-34H2,(H,37,45)/t11?,12-,13+,14-,15+,16-,17+,18+,19-,20+,21+,22+,23+,24+,25+,26+,27+,28-/m0/s1. The molecule has 1 aliphatic carbocycles. The van der Waals surface area contributed by atoms with Gasteiger partial charge in [-0.15, -0.1) is 0 Å². The molecule has 22 heteroatoms. The first kappa shape index (κ1) is 41.8. The summed E-state index contributed by atoms with van der Waals surface area (Å²) in [6.45, 7) is -0.832. The number of amides is 1. The number of carbonyl (C=O) groups excluding carboxylic acids is 1. The lowest BCUT2D eigenvalue weighted by Crippen LogP contribution is -2.71. The number of nitrogens with one attached hydrogen (secondary N) is 3. The van der Waals surface area contributed by atoms with Crippen LogP contribution in [-0.2, 0) is 33.2 Å². The molecule has 0 radical (unpaired) electrons. The second-order valence-electron chi connectivity index (χ2n) is 14.3. The minimum Gasteiger partial charge on any atom is -0.394 e. The molecule has 4 aliphatic heterocycles. The molecule has 5 rings (SSSR count). The van der Waals surface area contributed by atoms with Crippen LogP contribution in [0.1, 0.15) is 19.3 Å². The summed E-state index contributed by atoms with van der Waals surface area (Å²) < 4.78 is 36.0. The molecular formula is C30H57N7O15. The Morgan fingerprint density at radius 1 is 0.846 bits per heavy atom. The van der Waals surface area contributed by atoms with Crippen LogP contribution in [0.5, 0.6) is 0 Å². The van der Waals surface area contributed by atoms with Gasteiger partial charge < -0.3 is 108 Å². The molecule has 0 spiro atoms. The van der Waals surface area contributed by atoms with Crippen molar-refractivity contribution in [3.8, 4) is 0 Å². The zero-order chi connectivity index (χ0) is 37.9. The average molecular weight is 756 g/mol. The van der Waals surface area contributed by atoms with E-state index in [1.54, 1.807) is 0 Å². The van der Waals surface area contributed by atoms with E-state index in [0.29, 0.717) is 19.4 Å². The van der Waals surface area contributed by atoms with Gasteiger partial charge in [0.15, 0.2) is 24.5 Å². The van der Waals surface area contributed by atoms with E-state index >= 15 is 0 Å². The fourth-order valence-electron chi connectivity index (χ4n) is 7.04. The summed E-state index contributed by atoms with van der Waals surface area (Å²) in [5.74, 6) is -0.738. The van der Waals surface area contributed by atoms with Gasteiger partial charge in [-0.2, -0.15) is 0 Å². The smallest absolute Gasteiger partial charge is 0.254 e. The molecule has 0 aromatic rings. The summed E-state index contributed by atoms with van der Waals surface area (Å²) in [6, 6.07) is -3.89. The first-order valence-corrected chi connectivity index (χ1v) is 17.7. The lowest BCUT2D eigenvalue weighted by atomic mass is 9.83. The predicted octanol–water partition coefficient (Wildman–Crippen LogP) is -9.36. The number of hydrogen-bond acceptors (Lipinski definition) is 21. The van der Waals surface area contributed by atoms with Crippen LogP contribution in [0.15, 0.2) is 0 Å². The lowest BCUT2D eigenvalue weighted by Gasteiger charge is -2.47. The normalized spacial score (nSPS) is 45.7. The van der Waals surface area contributed by atoms with E-state index in [2.05, 4.69) is 16.0 Å². The second kappa shape index (κ2) is 18.1. The molecule has 5 fully saturated rings. The van der Waals surface area contributed by atoms with Gasteiger partial charge in [0.25, 0.3) is 5.91 Å². The van der Waals surface area contributed by atoms with Crippen molar-refractivity contribution >= 4 is 5.91 Å². The molecule has 302 valence electrons. The summed E-state index contributed by atoms with van der Waals surface area (Å²) in [5.41, 5.74) is 23.0. The Morgan fingerprint density at radius 3 is 2.15 bits per heavy atom. The number of β-amino-alcohol motifs (C(OH)–C–C–N with tert-alkyl or cyclic N) is 1. The van der Waals surface area contributed by atoms with Gasteiger partial charge in [-0.25, -0.2) is 0 Å². The van der Waals surface area contributed by atoms with Gasteiger partial charge >= 0.3 is 0 Å². The lowest BCUT2D eigenvalue weighted by molar-refractivity contribution is -0.290. The largest absolute Gasteiger partial charge is 0.394 e. The number of carbonyl (C=O) groups is 1. The Morgan fingerprint density at radius 2 is 1.52 bits per heavy atom. The highest BCUT2D eigenvalue weighted by Gasteiger charge is 2.55. The minimum atomic E-state index is -1.69. The fourth-order valence-corrected chi connectivity index (χ4v) is 7.04. The molecule has 1 unspecified atom stereocenters. The van der Waals surface area contributed by atoms with E-state index in [1.807, 2.05) is 0 Å². The number of aliphatic hydroxyl groups is 8. The van der Waals surface area contributed by atoms with Crippen LogP contribution in [-0.4, -0.2) is 208 Å². The highest BCUT2D eigenvalue weighted by atomic mass is 16.8. The van der Waals surface area contributed by atoms with E-state index in [9.17, 15) is 40.5 Å². The highest BCUT2D eigenvalue weighted by Crippen LogP contribution is 2.35. The summed E-state index contributed by atoms with van der Waals surface area (Å²) in [7, 11) is 0. The maximum atomic E-state index is 13.0. The second-order valence-corrected chi connectivity index (χ2v) is 14.3. The van der Waals surface area contributed by atoms with Crippen molar-refractivity contribution in [2.75, 3.05) is 45.9 Å². The zero-order valence-corrected chi connectivity index (χ0v) is 28.7. The molecule has 4 heterocycles. The first-order valence-electron chi connectivity index (χ1n) is 17.7. The molecule has 22 nitrogen and oxygen atoms in total. The van der Waals surface area contributed by atoms with E-state index < -0.39 is 135 Å². The molecule has 5 aliphatic rings. The van der Waals surface area contributed by atoms with Crippen molar-refractivity contribution in [3.63, 3.8) is 0 Å². The van der Waals surface area contributed by atoms with Gasteiger partial charge in [0.2, 0.25) is 0 Å². The maximum Gasteiger partial charge on any atom is 0.254 e. The van der Waals surface area contributed by atoms with Gasteiger partial charge in [0, 0.05) is 38.8 Å². The quantitative estimate of drug-likeness (QED) is 0.0737. The number of ether oxygens (including phenoxy) is 6. The molecule has 0 aromatic heterocycles. The molecule has 1 saturated carbocycles. The van der Waals surface area contributed by atoms with E-state index in [4.69, 9.17) is 56.5 Å². The Balaban J connectivity index is 1.32. The molecule has 18 atom stereocenters. The zero-order valence-electron chi connectivity index (χ0n) is 28.7. The summed E-state index contributed by atoms with van der Waals surface area (Å²) in [4.78, 5) is 13.0. The third-order valence-electron chi connectivity index (χ3n) is 10.4. The molecule has 4 saturated heterocycles. The van der Waals surface area contributed by atoms with Gasteiger partial charge in [0.05, 0.1) is 43.5 Å². The van der Waals surface area contributed by atoms with Crippen LogP contribution in [0.3, 0.4) is 0 Å². The number of aliphatic hydroxyl groups excluding tert-OH is 7. The molecular weight excluding hydrogens is 698 g/mol.